The number of carbonyl (C=O) groups excluding carboxylic acids is 2. The summed E-state index contributed by atoms with van der Waals surface area (Å²) in [5.41, 5.74) is 1.87. The molecule has 1 aliphatic heterocycles. The summed E-state index contributed by atoms with van der Waals surface area (Å²) in [6.45, 7) is 3.03. The summed E-state index contributed by atoms with van der Waals surface area (Å²) in [4.78, 5) is 23.4. The van der Waals surface area contributed by atoms with Crippen molar-refractivity contribution in [2.24, 2.45) is 0 Å². The molecule has 2 aromatic rings. The summed E-state index contributed by atoms with van der Waals surface area (Å²) in [5, 5.41) is 10.5. The molecule has 8 heteroatoms. The molecule has 0 saturated carbocycles. The molecule has 5 atom stereocenters. The molecule has 1 aliphatic rings. The van der Waals surface area contributed by atoms with E-state index in [9.17, 15) is 14.7 Å². The molecule has 8 nitrogen and oxygen atoms in total. The van der Waals surface area contributed by atoms with Gasteiger partial charge in [0.05, 0.1) is 19.8 Å². The van der Waals surface area contributed by atoms with E-state index in [2.05, 4.69) is 0 Å². The smallest absolute Gasteiger partial charge is 0.303 e. The third kappa shape index (κ3) is 6.86. The van der Waals surface area contributed by atoms with E-state index >= 15 is 0 Å². The molecule has 0 amide bonds. The van der Waals surface area contributed by atoms with Gasteiger partial charge >= 0.3 is 11.9 Å². The summed E-state index contributed by atoms with van der Waals surface area (Å²) < 4.78 is 28.2. The van der Waals surface area contributed by atoms with Gasteiger partial charge in [0.1, 0.15) is 12.2 Å². The van der Waals surface area contributed by atoms with Gasteiger partial charge in [-0.1, -0.05) is 60.7 Å². The van der Waals surface area contributed by atoms with Gasteiger partial charge in [-0.2, -0.15) is 0 Å². The normalized spacial score (nSPS) is 25.2. The number of esters is 2. The van der Waals surface area contributed by atoms with Crippen LogP contribution in [0, 0.1) is 0 Å². The van der Waals surface area contributed by atoms with Crippen molar-refractivity contribution in [2.45, 2.75) is 57.8 Å². The van der Waals surface area contributed by atoms with Gasteiger partial charge in [-0.05, 0) is 11.1 Å². The third-order valence-electron chi connectivity index (χ3n) is 4.89. The fourth-order valence-electron chi connectivity index (χ4n) is 3.51. The molecule has 0 aliphatic carbocycles. The van der Waals surface area contributed by atoms with Gasteiger partial charge in [0, 0.05) is 13.8 Å². The predicted octanol–water partition coefficient (Wildman–Crippen LogP) is 2.37. The van der Waals surface area contributed by atoms with Gasteiger partial charge in [-0.15, -0.1) is 0 Å². The lowest BCUT2D eigenvalue weighted by Gasteiger charge is -2.43. The Labute approximate surface area is 187 Å². The zero-order chi connectivity index (χ0) is 22.9. The molecule has 1 unspecified atom stereocenters. The van der Waals surface area contributed by atoms with Gasteiger partial charge in [0.25, 0.3) is 0 Å². The molecule has 1 N–H and O–H groups in total. The Morgan fingerprint density at radius 2 is 1.34 bits per heavy atom. The second kappa shape index (κ2) is 11.7. The predicted molar refractivity (Wildman–Crippen MR) is 113 cm³/mol. The van der Waals surface area contributed by atoms with Gasteiger partial charge in [-0.3, -0.25) is 9.59 Å². The molecule has 172 valence electrons. The van der Waals surface area contributed by atoms with Crippen molar-refractivity contribution < 1.29 is 38.4 Å². The van der Waals surface area contributed by atoms with Crippen LogP contribution in [0.15, 0.2) is 60.7 Å². The molecular weight excluding hydrogens is 416 g/mol. The maximum absolute atomic E-state index is 11.8. The lowest BCUT2D eigenvalue weighted by atomic mass is 9.98. The Balaban J connectivity index is 1.77. The number of hydrogen-bond acceptors (Lipinski definition) is 8. The van der Waals surface area contributed by atoms with Crippen LogP contribution >= 0.6 is 0 Å². The van der Waals surface area contributed by atoms with E-state index < -0.39 is 42.6 Å². The Bertz CT molecular complexity index is 857. The summed E-state index contributed by atoms with van der Waals surface area (Å²) in [5.74, 6) is -1.24. The maximum atomic E-state index is 11.8. The number of hydrogen-bond donors (Lipinski definition) is 1. The highest BCUT2D eigenvalue weighted by molar-refractivity contribution is 5.67. The van der Waals surface area contributed by atoms with Gasteiger partial charge in [-0.25, -0.2) is 0 Å². The fourth-order valence-corrected chi connectivity index (χ4v) is 3.51. The van der Waals surface area contributed by atoms with Crippen molar-refractivity contribution in [3.63, 3.8) is 0 Å². The van der Waals surface area contributed by atoms with Crippen molar-refractivity contribution in [2.75, 3.05) is 6.61 Å². The molecular formula is C24H28O8. The van der Waals surface area contributed by atoms with E-state index in [0.717, 1.165) is 11.1 Å². The number of carbonyl (C=O) groups is 2. The second-order valence-corrected chi connectivity index (χ2v) is 7.48. The van der Waals surface area contributed by atoms with E-state index in [4.69, 9.17) is 23.7 Å². The molecule has 1 fully saturated rings. The highest BCUT2D eigenvalue weighted by Gasteiger charge is 2.50. The first-order valence-electron chi connectivity index (χ1n) is 10.4. The zero-order valence-electron chi connectivity index (χ0n) is 18.1. The van der Waals surface area contributed by atoms with Crippen molar-refractivity contribution in [3.05, 3.63) is 71.8 Å². The number of aliphatic hydroxyl groups excluding tert-OH is 1. The molecule has 0 spiro atoms. The monoisotopic (exact) mass is 444 g/mol. The summed E-state index contributed by atoms with van der Waals surface area (Å²) in [6.07, 6.45) is -5.43. The first kappa shape index (κ1) is 23.9. The molecule has 0 radical (unpaired) electrons. The van der Waals surface area contributed by atoms with E-state index in [0.29, 0.717) is 6.61 Å². The minimum atomic E-state index is -1.51. The number of aliphatic hydroxyl groups is 1. The van der Waals surface area contributed by atoms with Crippen molar-refractivity contribution in [1.29, 1.82) is 0 Å². The zero-order valence-corrected chi connectivity index (χ0v) is 18.1. The Kier molecular flexibility index (Phi) is 8.75. The first-order chi connectivity index (χ1) is 15.4. The Hall–Kier alpha value is -2.78. The molecule has 2 aromatic carbocycles. The molecule has 32 heavy (non-hydrogen) atoms. The van der Waals surface area contributed by atoms with Crippen LogP contribution in [0.4, 0.5) is 0 Å². The number of benzene rings is 2. The standard InChI is InChI=1S/C24H28O8/c1-16(25)30-22-21(29-14-19-11-7-4-8-12-19)20(32-24(27)23(22)31-17(2)26)15-28-13-18-9-5-3-6-10-18/h3-12,20-24,27H,13-15H2,1-2H3/t20-,21-,22+,23+,24?/m1/s1. The highest BCUT2D eigenvalue weighted by atomic mass is 16.7. The second-order valence-electron chi connectivity index (χ2n) is 7.48. The fraction of sp³-hybridized carbons (Fsp3) is 0.417. The van der Waals surface area contributed by atoms with Crippen LogP contribution < -0.4 is 0 Å². The van der Waals surface area contributed by atoms with Gasteiger partial charge in [0.15, 0.2) is 18.5 Å². The van der Waals surface area contributed by atoms with Crippen LogP contribution in [-0.4, -0.2) is 54.4 Å². The third-order valence-corrected chi connectivity index (χ3v) is 4.89. The van der Waals surface area contributed by atoms with Crippen LogP contribution in [0.1, 0.15) is 25.0 Å². The van der Waals surface area contributed by atoms with E-state index in [1.807, 2.05) is 60.7 Å². The van der Waals surface area contributed by atoms with Crippen LogP contribution in [0.3, 0.4) is 0 Å². The largest absolute Gasteiger partial charge is 0.455 e. The summed E-state index contributed by atoms with van der Waals surface area (Å²) in [6, 6.07) is 19.0. The van der Waals surface area contributed by atoms with E-state index in [1.54, 1.807) is 0 Å². The highest BCUT2D eigenvalue weighted by Crippen LogP contribution is 2.29. The lowest BCUT2D eigenvalue weighted by Crippen LogP contribution is -2.61. The van der Waals surface area contributed by atoms with Gasteiger partial charge < -0.3 is 28.8 Å². The topological polar surface area (TPSA) is 101 Å². The van der Waals surface area contributed by atoms with Crippen molar-refractivity contribution in [1.82, 2.24) is 0 Å². The van der Waals surface area contributed by atoms with Crippen LogP contribution in [0.5, 0.6) is 0 Å². The van der Waals surface area contributed by atoms with Crippen LogP contribution in [0.25, 0.3) is 0 Å². The van der Waals surface area contributed by atoms with Crippen LogP contribution in [0.2, 0.25) is 0 Å². The Morgan fingerprint density at radius 1 is 0.812 bits per heavy atom. The van der Waals surface area contributed by atoms with Crippen molar-refractivity contribution in [3.8, 4) is 0 Å². The quantitative estimate of drug-likeness (QED) is 0.589. The molecule has 0 bridgehead atoms. The Morgan fingerprint density at radius 3 is 1.91 bits per heavy atom. The number of ether oxygens (including phenoxy) is 5. The molecule has 1 heterocycles. The molecule has 1 saturated heterocycles. The van der Waals surface area contributed by atoms with E-state index in [1.165, 1.54) is 13.8 Å². The summed E-state index contributed by atoms with van der Waals surface area (Å²) >= 11 is 0. The molecule has 3 rings (SSSR count). The minimum Gasteiger partial charge on any atom is -0.455 e. The van der Waals surface area contributed by atoms with E-state index in [-0.39, 0.29) is 13.2 Å². The minimum absolute atomic E-state index is 0.0654. The first-order valence-corrected chi connectivity index (χ1v) is 10.4. The number of rotatable bonds is 9. The lowest BCUT2D eigenvalue weighted by molar-refractivity contribution is -0.303. The average Bonchev–Trinajstić information content (AvgIpc) is 2.77. The summed E-state index contributed by atoms with van der Waals surface area (Å²) in [7, 11) is 0. The van der Waals surface area contributed by atoms with Crippen molar-refractivity contribution >= 4 is 11.9 Å². The van der Waals surface area contributed by atoms with Crippen LogP contribution in [-0.2, 0) is 46.5 Å². The average molecular weight is 444 g/mol. The maximum Gasteiger partial charge on any atom is 0.303 e. The SMILES string of the molecule is CC(=O)O[C@H]1[C@H](OCc2ccccc2)[C@@H](COCc2ccccc2)OC(O)[C@H]1OC(C)=O. The molecule has 0 aromatic heterocycles. The van der Waals surface area contributed by atoms with Gasteiger partial charge in [0.2, 0.25) is 0 Å².